The van der Waals surface area contributed by atoms with Crippen LogP contribution in [0.2, 0.25) is 0 Å². The van der Waals surface area contributed by atoms with E-state index in [4.69, 9.17) is 0 Å². The van der Waals surface area contributed by atoms with E-state index in [9.17, 15) is 4.39 Å². The summed E-state index contributed by atoms with van der Waals surface area (Å²) in [6, 6.07) is 5.03. The molecule has 1 aromatic carbocycles. The Hall–Kier alpha value is -0.780. The highest BCUT2D eigenvalue weighted by Crippen LogP contribution is 2.24. The fourth-order valence-corrected chi connectivity index (χ4v) is 2.86. The van der Waals surface area contributed by atoms with E-state index >= 15 is 0 Å². The second kappa shape index (κ2) is 5.91. The zero-order valence-electron chi connectivity index (χ0n) is 10.2. The first-order valence-electron chi connectivity index (χ1n) is 5.68. The minimum atomic E-state index is -0.190. The number of nitrogens with zero attached hydrogens (tertiary/aromatic N) is 1. The molecule has 0 fully saturated rings. The summed E-state index contributed by atoms with van der Waals surface area (Å²) in [5.41, 5.74) is 0.660. The summed E-state index contributed by atoms with van der Waals surface area (Å²) in [5.74, 6) is -0.190. The Kier molecular flexibility index (Phi) is 4.48. The molecule has 0 aliphatic heterocycles. The highest BCUT2D eigenvalue weighted by Gasteiger charge is 2.16. The van der Waals surface area contributed by atoms with Gasteiger partial charge in [0.15, 0.2) is 0 Å². The molecule has 2 unspecified atom stereocenters. The summed E-state index contributed by atoms with van der Waals surface area (Å²) in [4.78, 5) is 4.26. The van der Waals surface area contributed by atoms with Crippen LogP contribution in [0.4, 0.5) is 4.39 Å². The molecule has 2 aromatic rings. The standard InChI is InChI=1S/C13H14BrFN2S/c1-8(11-7-10(14)3-4-12(11)15)17-9(2)13-16-5-6-18-13/h3-9,17H,1-2H3. The smallest absolute Gasteiger partial charge is 0.128 e. The van der Waals surface area contributed by atoms with Crippen LogP contribution in [-0.4, -0.2) is 4.98 Å². The van der Waals surface area contributed by atoms with Gasteiger partial charge in [-0.15, -0.1) is 11.3 Å². The summed E-state index contributed by atoms with van der Waals surface area (Å²) in [6.45, 7) is 3.99. The fourth-order valence-electron chi connectivity index (χ4n) is 1.83. The summed E-state index contributed by atoms with van der Waals surface area (Å²) in [5, 5.41) is 6.31. The normalized spacial score (nSPS) is 14.4. The number of aromatic nitrogens is 1. The average Bonchev–Trinajstić information content (AvgIpc) is 2.85. The van der Waals surface area contributed by atoms with Crippen molar-refractivity contribution in [3.8, 4) is 0 Å². The molecule has 0 aliphatic carbocycles. The molecular weight excluding hydrogens is 315 g/mol. The molecule has 18 heavy (non-hydrogen) atoms. The van der Waals surface area contributed by atoms with Crippen molar-refractivity contribution in [3.63, 3.8) is 0 Å². The van der Waals surface area contributed by atoms with Gasteiger partial charge in [-0.1, -0.05) is 15.9 Å². The summed E-state index contributed by atoms with van der Waals surface area (Å²) in [7, 11) is 0. The van der Waals surface area contributed by atoms with E-state index in [2.05, 4.69) is 26.2 Å². The van der Waals surface area contributed by atoms with Gasteiger partial charge in [0.1, 0.15) is 10.8 Å². The topological polar surface area (TPSA) is 24.9 Å². The molecule has 5 heteroatoms. The molecule has 0 spiro atoms. The van der Waals surface area contributed by atoms with E-state index < -0.39 is 0 Å². The first-order valence-corrected chi connectivity index (χ1v) is 7.35. The van der Waals surface area contributed by atoms with Crippen LogP contribution in [0.25, 0.3) is 0 Å². The van der Waals surface area contributed by atoms with E-state index in [1.807, 2.05) is 25.3 Å². The highest BCUT2D eigenvalue weighted by molar-refractivity contribution is 9.10. The molecule has 0 bridgehead atoms. The molecule has 0 saturated carbocycles. The predicted molar refractivity (Wildman–Crippen MR) is 76.2 cm³/mol. The largest absolute Gasteiger partial charge is 0.301 e. The lowest BCUT2D eigenvalue weighted by Crippen LogP contribution is -2.23. The Morgan fingerprint density at radius 1 is 1.33 bits per heavy atom. The van der Waals surface area contributed by atoms with Gasteiger partial charge < -0.3 is 5.32 Å². The van der Waals surface area contributed by atoms with Crippen molar-refractivity contribution < 1.29 is 4.39 Å². The Morgan fingerprint density at radius 2 is 2.11 bits per heavy atom. The van der Waals surface area contributed by atoms with Crippen LogP contribution in [0.5, 0.6) is 0 Å². The third kappa shape index (κ3) is 3.16. The third-order valence-electron chi connectivity index (χ3n) is 2.75. The number of hydrogen-bond acceptors (Lipinski definition) is 3. The fraction of sp³-hybridized carbons (Fsp3) is 0.308. The lowest BCUT2D eigenvalue weighted by molar-refractivity contribution is 0.472. The first-order chi connectivity index (χ1) is 8.58. The minimum absolute atomic E-state index is 0.0681. The van der Waals surface area contributed by atoms with Crippen molar-refractivity contribution in [2.24, 2.45) is 0 Å². The molecule has 1 heterocycles. The van der Waals surface area contributed by atoms with Gasteiger partial charge in [0.25, 0.3) is 0 Å². The number of thiazole rings is 1. The molecule has 2 nitrogen and oxygen atoms in total. The third-order valence-corrected chi connectivity index (χ3v) is 4.20. The van der Waals surface area contributed by atoms with Gasteiger partial charge in [-0.25, -0.2) is 9.37 Å². The molecule has 0 amide bonds. The van der Waals surface area contributed by atoms with Crippen LogP contribution >= 0.6 is 27.3 Å². The monoisotopic (exact) mass is 328 g/mol. The molecule has 0 radical (unpaired) electrons. The Balaban J connectivity index is 2.12. The van der Waals surface area contributed by atoms with E-state index in [1.165, 1.54) is 6.07 Å². The van der Waals surface area contributed by atoms with Gasteiger partial charge in [-0.2, -0.15) is 0 Å². The van der Waals surface area contributed by atoms with Crippen molar-refractivity contribution in [2.45, 2.75) is 25.9 Å². The number of nitrogens with one attached hydrogen (secondary N) is 1. The number of hydrogen-bond donors (Lipinski definition) is 1. The summed E-state index contributed by atoms with van der Waals surface area (Å²) in [6.07, 6.45) is 1.78. The zero-order valence-corrected chi connectivity index (χ0v) is 12.6. The summed E-state index contributed by atoms with van der Waals surface area (Å²) < 4.78 is 14.6. The lowest BCUT2D eigenvalue weighted by atomic mass is 10.1. The molecule has 1 aromatic heterocycles. The van der Waals surface area contributed by atoms with Crippen LogP contribution in [0.15, 0.2) is 34.2 Å². The van der Waals surface area contributed by atoms with Crippen LogP contribution < -0.4 is 5.32 Å². The Labute approximate surface area is 118 Å². The second-order valence-corrected chi connectivity index (χ2v) is 5.99. The number of benzene rings is 1. The van der Waals surface area contributed by atoms with Gasteiger partial charge in [-0.3, -0.25) is 0 Å². The van der Waals surface area contributed by atoms with Crippen LogP contribution in [0.3, 0.4) is 0 Å². The van der Waals surface area contributed by atoms with Gasteiger partial charge in [-0.05, 0) is 32.0 Å². The van der Waals surface area contributed by atoms with E-state index in [0.717, 1.165) is 9.48 Å². The van der Waals surface area contributed by atoms with Crippen LogP contribution in [-0.2, 0) is 0 Å². The second-order valence-electron chi connectivity index (χ2n) is 4.15. The van der Waals surface area contributed by atoms with Crippen LogP contribution in [0, 0.1) is 5.82 Å². The maximum absolute atomic E-state index is 13.7. The molecular formula is C13H14BrFN2S. The average molecular weight is 329 g/mol. The predicted octanol–water partition coefficient (Wildman–Crippen LogP) is 4.46. The zero-order chi connectivity index (χ0) is 13.1. The van der Waals surface area contributed by atoms with Crippen LogP contribution in [0.1, 0.15) is 36.5 Å². The van der Waals surface area contributed by atoms with Crippen molar-refractivity contribution in [3.05, 3.63) is 50.6 Å². The van der Waals surface area contributed by atoms with E-state index in [1.54, 1.807) is 23.6 Å². The molecule has 0 aliphatic rings. The van der Waals surface area contributed by atoms with Gasteiger partial charge in [0.2, 0.25) is 0 Å². The maximum Gasteiger partial charge on any atom is 0.128 e. The molecule has 2 atom stereocenters. The molecule has 96 valence electrons. The highest BCUT2D eigenvalue weighted by atomic mass is 79.9. The summed E-state index contributed by atoms with van der Waals surface area (Å²) >= 11 is 4.96. The number of halogens is 2. The van der Waals surface area contributed by atoms with Gasteiger partial charge in [0, 0.05) is 27.7 Å². The lowest BCUT2D eigenvalue weighted by Gasteiger charge is -2.19. The maximum atomic E-state index is 13.7. The van der Waals surface area contributed by atoms with Gasteiger partial charge in [0.05, 0.1) is 6.04 Å². The van der Waals surface area contributed by atoms with E-state index in [0.29, 0.717) is 5.56 Å². The molecule has 2 rings (SSSR count). The van der Waals surface area contributed by atoms with E-state index in [-0.39, 0.29) is 17.9 Å². The van der Waals surface area contributed by atoms with Crippen molar-refractivity contribution >= 4 is 27.3 Å². The number of rotatable bonds is 4. The van der Waals surface area contributed by atoms with Crippen molar-refractivity contribution in [1.29, 1.82) is 0 Å². The van der Waals surface area contributed by atoms with Crippen molar-refractivity contribution in [2.75, 3.05) is 0 Å². The Morgan fingerprint density at radius 3 is 2.78 bits per heavy atom. The van der Waals surface area contributed by atoms with Crippen molar-refractivity contribution in [1.82, 2.24) is 10.3 Å². The first kappa shape index (κ1) is 13.6. The molecule has 0 saturated heterocycles. The Bertz CT molecular complexity index is 516. The quantitative estimate of drug-likeness (QED) is 0.896. The minimum Gasteiger partial charge on any atom is -0.301 e. The van der Waals surface area contributed by atoms with Gasteiger partial charge >= 0.3 is 0 Å². The molecule has 1 N–H and O–H groups in total. The SMILES string of the molecule is CC(NC(C)c1cc(Br)ccc1F)c1nccs1.